The summed E-state index contributed by atoms with van der Waals surface area (Å²) in [5.41, 5.74) is 3.46. The van der Waals surface area contributed by atoms with Crippen LogP contribution in [0, 0.1) is 10.1 Å². The van der Waals surface area contributed by atoms with Crippen LogP contribution >= 0.6 is 0 Å². The molecule has 14 nitrogen and oxygen atoms in total. The van der Waals surface area contributed by atoms with Gasteiger partial charge in [-0.15, -0.1) is 0 Å². The van der Waals surface area contributed by atoms with Crippen molar-refractivity contribution in [3.05, 3.63) is 154 Å². The molecule has 312 valence electrons. The first-order chi connectivity index (χ1) is 28.8. The van der Waals surface area contributed by atoms with E-state index >= 15 is 0 Å². The molecule has 0 saturated carbocycles. The number of rotatable bonds is 15. The van der Waals surface area contributed by atoms with Crippen molar-refractivity contribution in [2.45, 2.75) is 75.8 Å². The second-order valence-corrected chi connectivity index (χ2v) is 21.0. The standard InChI is InChI=1S/C45H50N6O8Si/c1-44(2,3)60(5,6)59-38-27-37(28-57-45(32-13-9-7-10-14-32,33-15-11-8-12-16-33)34-19-23-36(55-4)24-20-34)58-42(38)50-30-48-39-40(46-29-47-41(39)50)49-43(52)56-26-25-31-17-21-35(22-18-31)51(53)54/h7-24,29-30,37-38,42H,25-28H2,1-6H3,(H,46,47,49,52)/t37-,38+,42+/m0/s1. The predicted molar refractivity (Wildman–Crippen MR) is 229 cm³/mol. The van der Waals surface area contributed by atoms with Crippen LogP contribution in [-0.2, 0) is 30.7 Å². The third-order valence-electron chi connectivity index (χ3n) is 11.4. The third-order valence-corrected chi connectivity index (χ3v) is 15.9. The number of nitro groups is 1. The van der Waals surface area contributed by atoms with Gasteiger partial charge in [-0.2, -0.15) is 0 Å². The Morgan fingerprint density at radius 2 is 1.53 bits per heavy atom. The van der Waals surface area contributed by atoms with Gasteiger partial charge in [0.05, 0.1) is 43.8 Å². The number of fused-ring (bicyclic) bond motifs is 1. The summed E-state index contributed by atoms with van der Waals surface area (Å²) >= 11 is 0. The Labute approximate surface area is 350 Å². The highest BCUT2D eigenvalue weighted by Crippen LogP contribution is 2.45. The van der Waals surface area contributed by atoms with E-state index in [4.69, 9.17) is 23.4 Å². The molecule has 3 heterocycles. The van der Waals surface area contributed by atoms with Gasteiger partial charge in [0.25, 0.3) is 5.69 Å². The summed E-state index contributed by atoms with van der Waals surface area (Å²) < 4.78 is 34.1. The first kappa shape index (κ1) is 42.1. The third kappa shape index (κ3) is 8.94. The van der Waals surface area contributed by atoms with Gasteiger partial charge < -0.3 is 23.4 Å². The molecule has 1 saturated heterocycles. The fourth-order valence-electron chi connectivity index (χ4n) is 7.18. The maximum atomic E-state index is 12.9. The molecule has 4 aromatic carbocycles. The lowest BCUT2D eigenvalue weighted by atomic mass is 9.80. The Morgan fingerprint density at radius 3 is 2.13 bits per heavy atom. The van der Waals surface area contributed by atoms with E-state index < -0.39 is 37.3 Å². The molecule has 3 atom stereocenters. The Hall–Kier alpha value is -6.00. The van der Waals surface area contributed by atoms with Crippen LogP contribution in [0.4, 0.5) is 16.3 Å². The zero-order valence-corrected chi connectivity index (χ0v) is 35.6. The maximum absolute atomic E-state index is 12.9. The van der Waals surface area contributed by atoms with Crippen molar-refractivity contribution in [2.75, 3.05) is 25.6 Å². The Bertz CT molecular complexity index is 2350. The monoisotopic (exact) mass is 830 g/mol. The number of carbonyl (C=O) groups excluding carboxylic acids is 1. The minimum Gasteiger partial charge on any atom is -0.497 e. The number of nitrogens with zero attached hydrogens (tertiary/aromatic N) is 5. The van der Waals surface area contributed by atoms with Gasteiger partial charge in [-0.3, -0.25) is 20.0 Å². The minimum atomic E-state index is -2.33. The number of carbonyl (C=O) groups is 1. The van der Waals surface area contributed by atoms with Gasteiger partial charge in [0.15, 0.2) is 31.5 Å². The van der Waals surface area contributed by atoms with Crippen LogP contribution in [0.5, 0.6) is 5.75 Å². The highest BCUT2D eigenvalue weighted by Gasteiger charge is 2.47. The molecule has 1 amide bonds. The van der Waals surface area contributed by atoms with E-state index in [1.54, 1.807) is 25.6 Å². The second-order valence-electron chi connectivity index (χ2n) is 16.2. The van der Waals surface area contributed by atoms with E-state index in [1.807, 2.05) is 65.2 Å². The first-order valence-electron chi connectivity index (χ1n) is 19.9. The molecule has 60 heavy (non-hydrogen) atoms. The number of amides is 1. The van der Waals surface area contributed by atoms with Gasteiger partial charge in [-0.25, -0.2) is 19.7 Å². The number of nitrogens with one attached hydrogen (secondary N) is 1. The van der Waals surface area contributed by atoms with E-state index in [2.05, 4.69) is 78.4 Å². The van der Waals surface area contributed by atoms with E-state index in [0.717, 1.165) is 28.0 Å². The maximum Gasteiger partial charge on any atom is 0.412 e. The van der Waals surface area contributed by atoms with Crippen molar-refractivity contribution in [1.29, 1.82) is 0 Å². The molecule has 15 heteroatoms. The van der Waals surface area contributed by atoms with Gasteiger partial charge in [-0.1, -0.05) is 106 Å². The van der Waals surface area contributed by atoms with E-state index in [0.29, 0.717) is 24.0 Å². The van der Waals surface area contributed by atoms with E-state index in [9.17, 15) is 14.9 Å². The zero-order valence-electron chi connectivity index (χ0n) is 34.6. The Morgan fingerprint density at radius 1 is 0.900 bits per heavy atom. The fourth-order valence-corrected chi connectivity index (χ4v) is 8.50. The average molecular weight is 831 g/mol. The summed E-state index contributed by atoms with van der Waals surface area (Å²) in [7, 11) is -0.677. The number of non-ortho nitro benzene ring substituents is 1. The van der Waals surface area contributed by atoms with Crippen molar-refractivity contribution in [3.8, 4) is 5.75 Å². The van der Waals surface area contributed by atoms with Crippen LogP contribution in [0.1, 0.15) is 55.7 Å². The summed E-state index contributed by atoms with van der Waals surface area (Å²) in [6, 6.07) is 34.4. The van der Waals surface area contributed by atoms with Crippen LogP contribution in [-0.4, -0.2) is 71.4 Å². The number of methoxy groups -OCH3 is 1. The smallest absolute Gasteiger partial charge is 0.412 e. The van der Waals surface area contributed by atoms with Crippen LogP contribution < -0.4 is 10.1 Å². The lowest BCUT2D eigenvalue weighted by molar-refractivity contribution is -0.384. The van der Waals surface area contributed by atoms with E-state index in [-0.39, 0.29) is 35.9 Å². The molecule has 0 spiro atoms. The molecule has 1 N–H and O–H groups in total. The SMILES string of the molecule is COc1ccc(C(OC[C@@H]2C[C@@H](O[Si](C)(C)C(C)(C)C)[C@H](n3cnc4c(NC(=O)OCCc5ccc([N+](=O)[O-])cc5)ncnc43)O2)(c2ccccc2)c2ccccc2)cc1. The van der Waals surface area contributed by atoms with Gasteiger partial charge in [0.2, 0.25) is 0 Å². The van der Waals surface area contributed by atoms with Crippen LogP contribution in [0.3, 0.4) is 0 Å². The summed E-state index contributed by atoms with van der Waals surface area (Å²) in [5.74, 6) is 0.918. The molecule has 0 radical (unpaired) electrons. The topological polar surface area (TPSA) is 162 Å². The summed E-state index contributed by atoms with van der Waals surface area (Å²) in [5, 5.41) is 13.6. The van der Waals surface area contributed by atoms with Gasteiger partial charge >= 0.3 is 6.09 Å². The Balaban J connectivity index is 1.15. The average Bonchev–Trinajstić information content (AvgIpc) is 3.86. The molecule has 1 aliphatic rings. The highest BCUT2D eigenvalue weighted by atomic mass is 28.4. The molecule has 1 aliphatic heterocycles. The largest absolute Gasteiger partial charge is 0.497 e. The molecule has 2 aromatic heterocycles. The van der Waals surface area contributed by atoms with Gasteiger partial charge in [-0.05, 0) is 52.5 Å². The highest BCUT2D eigenvalue weighted by molar-refractivity contribution is 6.74. The summed E-state index contributed by atoms with van der Waals surface area (Å²) in [4.78, 5) is 37.0. The summed E-state index contributed by atoms with van der Waals surface area (Å²) in [6.45, 7) is 11.3. The molecular formula is C45H50N6O8Si. The van der Waals surface area contributed by atoms with Crippen molar-refractivity contribution in [1.82, 2.24) is 19.5 Å². The number of nitro benzene ring substituents is 1. The summed E-state index contributed by atoms with van der Waals surface area (Å²) in [6.07, 6.45) is 1.78. The number of imidazole rings is 1. The molecule has 0 unspecified atom stereocenters. The van der Waals surface area contributed by atoms with Crippen molar-refractivity contribution in [2.24, 2.45) is 0 Å². The molecule has 1 fully saturated rings. The lowest BCUT2D eigenvalue weighted by Gasteiger charge is -2.39. The van der Waals surface area contributed by atoms with Crippen LogP contribution in [0.15, 0.2) is 122 Å². The van der Waals surface area contributed by atoms with Crippen LogP contribution in [0.2, 0.25) is 18.1 Å². The van der Waals surface area contributed by atoms with E-state index in [1.165, 1.54) is 18.5 Å². The Kier molecular flexibility index (Phi) is 12.4. The van der Waals surface area contributed by atoms with Crippen LogP contribution in [0.25, 0.3) is 11.2 Å². The molecule has 0 bridgehead atoms. The lowest BCUT2D eigenvalue weighted by Crippen LogP contribution is -2.45. The number of hydrogen-bond acceptors (Lipinski definition) is 11. The second kappa shape index (κ2) is 17.7. The molecule has 6 aromatic rings. The normalized spacial score (nSPS) is 17.1. The first-order valence-corrected chi connectivity index (χ1v) is 22.8. The van der Waals surface area contributed by atoms with Crippen molar-refractivity contribution < 1.29 is 33.1 Å². The zero-order chi connectivity index (χ0) is 42.5. The number of aromatic nitrogens is 4. The minimum absolute atomic E-state index is 0.00719. The number of ether oxygens (including phenoxy) is 4. The number of benzene rings is 4. The number of hydrogen-bond donors (Lipinski definition) is 1. The quantitative estimate of drug-likeness (QED) is 0.0455. The van der Waals surface area contributed by atoms with Crippen molar-refractivity contribution in [3.63, 3.8) is 0 Å². The molecule has 0 aliphatic carbocycles. The fraction of sp³-hybridized carbons (Fsp3) is 0.333. The van der Waals surface area contributed by atoms with Crippen molar-refractivity contribution >= 4 is 37.1 Å². The molecular weight excluding hydrogens is 781 g/mol. The molecule has 7 rings (SSSR count). The predicted octanol–water partition coefficient (Wildman–Crippen LogP) is 9.22. The number of anilines is 1. The van der Waals surface area contributed by atoms with Gasteiger partial charge in [0.1, 0.15) is 17.7 Å². The van der Waals surface area contributed by atoms with Gasteiger partial charge in [0, 0.05) is 25.0 Å².